The first kappa shape index (κ1) is 15.6. The monoisotopic (exact) mass is 304 g/mol. The standard InChI is InChI=1S/C13H15F3N2O3/c14-13(15,16)10-1-2-11(12(7-10)18(20)21)17-5-3-9(8-17)4-6-19/h1-2,7,9,19H,3-6,8H2. The summed E-state index contributed by atoms with van der Waals surface area (Å²) in [7, 11) is 0. The van der Waals surface area contributed by atoms with Crippen LogP contribution >= 0.6 is 0 Å². The molecule has 2 rings (SSSR count). The van der Waals surface area contributed by atoms with Gasteiger partial charge in [0.1, 0.15) is 5.69 Å². The second kappa shape index (κ2) is 5.88. The van der Waals surface area contributed by atoms with E-state index in [9.17, 15) is 23.3 Å². The molecule has 1 aliphatic rings. The predicted molar refractivity (Wildman–Crippen MR) is 70.1 cm³/mol. The van der Waals surface area contributed by atoms with Crippen LogP contribution in [-0.2, 0) is 6.18 Å². The molecule has 1 unspecified atom stereocenters. The highest BCUT2D eigenvalue weighted by molar-refractivity contribution is 5.65. The fourth-order valence-corrected chi connectivity index (χ4v) is 2.58. The van der Waals surface area contributed by atoms with Crippen molar-refractivity contribution >= 4 is 11.4 Å². The van der Waals surface area contributed by atoms with E-state index in [1.165, 1.54) is 0 Å². The van der Waals surface area contributed by atoms with Crippen LogP contribution in [0.25, 0.3) is 0 Å². The van der Waals surface area contributed by atoms with Gasteiger partial charge in [0, 0.05) is 25.8 Å². The van der Waals surface area contributed by atoms with Gasteiger partial charge in [-0.3, -0.25) is 10.1 Å². The SMILES string of the molecule is O=[N+]([O-])c1cc(C(F)(F)F)ccc1N1CCC(CCO)C1. The molecule has 0 saturated carbocycles. The number of hydrogen-bond donors (Lipinski definition) is 1. The minimum absolute atomic E-state index is 0.0353. The Morgan fingerprint density at radius 1 is 1.43 bits per heavy atom. The lowest BCUT2D eigenvalue weighted by molar-refractivity contribution is -0.384. The second-order valence-corrected chi connectivity index (χ2v) is 5.07. The maximum absolute atomic E-state index is 12.6. The zero-order valence-electron chi connectivity index (χ0n) is 11.1. The summed E-state index contributed by atoms with van der Waals surface area (Å²) in [5.41, 5.74) is -1.35. The van der Waals surface area contributed by atoms with Gasteiger partial charge in [-0.15, -0.1) is 0 Å². The number of hydrogen-bond acceptors (Lipinski definition) is 4. The van der Waals surface area contributed by atoms with E-state index in [2.05, 4.69) is 0 Å². The Labute approximate surface area is 119 Å². The van der Waals surface area contributed by atoms with Gasteiger partial charge in [-0.2, -0.15) is 13.2 Å². The van der Waals surface area contributed by atoms with E-state index < -0.39 is 22.4 Å². The van der Waals surface area contributed by atoms with Crippen molar-refractivity contribution in [3.05, 3.63) is 33.9 Å². The van der Waals surface area contributed by atoms with E-state index in [1.54, 1.807) is 4.90 Å². The Morgan fingerprint density at radius 2 is 2.14 bits per heavy atom. The summed E-state index contributed by atoms with van der Waals surface area (Å²) >= 11 is 0. The van der Waals surface area contributed by atoms with Gasteiger partial charge >= 0.3 is 6.18 Å². The molecule has 1 atom stereocenters. The molecular weight excluding hydrogens is 289 g/mol. The van der Waals surface area contributed by atoms with Crippen molar-refractivity contribution in [1.29, 1.82) is 0 Å². The summed E-state index contributed by atoms with van der Waals surface area (Å²) in [6.07, 6.45) is -3.25. The molecule has 0 aromatic heterocycles. The van der Waals surface area contributed by atoms with Crippen LogP contribution in [0.2, 0.25) is 0 Å². The van der Waals surface area contributed by atoms with E-state index in [1.807, 2.05) is 0 Å². The number of aliphatic hydroxyl groups is 1. The Balaban J connectivity index is 2.30. The van der Waals surface area contributed by atoms with E-state index in [-0.39, 0.29) is 18.2 Å². The van der Waals surface area contributed by atoms with Crippen LogP contribution in [-0.4, -0.2) is 29.7 Å². The van der Waals surface area contributed by atoms with E-state index in [4.69, 9.17) is 5.11 Å². The number of benzene rings is 1. The number of nitro groups is 1. The van der Waals surface area contributed by atoms with Crippen molar-refractivity contribution in [2.45, 2.75) is 19.0 Å². The molecule has 0 aliphatic carbocycles. The predicted octanol–water partition coefficient (Wildman–Crippen LogP) is 2.82. The fraction of sp³-hybridized carbons (Fsp3) is 0.538. The summed E-state index contributed by atoms with van der Waals surface area (Å²) in [6, 6.07) is 2.60. The third-order valence-corrected chi connectivity index (χ3v) is 3.66. The summed E-state index contributed by atoms with van der Waals surface area (Å²) < 4.78 is 37.9. The Kier molecular flexibility index (Phi) is 4.36. The highest BCUT2D eigenvalue weighted by Crippen LogP contribution is 2.38. The van der Waals surface area contributed by atoms with Crippen molar-refractivity contribution in [1.82, 2.24) is 0 Å². The maximum Gasteiger partial charge on any atom is 0.416 e. The Morgan fingerprint density at radius 3 is 2.71 bits per heavy atom. The number of rotatable bonds is 4. The molecule has 21 heavy (non-hydrogen) atoms. The quantitative estimate of drug-likeness (QED) is 0.686. The van der Waals surface area contributed by atoms with E-state index >= 15 is 0 Å². The molecule has 116 valence electrons. The van der Waals surface area contributed by atoms with Gasteiger partial charge in [-0.1, -0.05) is 0 Å². The molecule has 1 aromatic carbocycles. The molecule has 1 fully saturated rings. The van der Waals surface area contributed by atoms with Crippen LogP contribution in [0.3, 0.4) is 0 Å². The molecule has 5 nitrogen and oxygen atoms in total. The first-order valence-electron chi connectivity index (χ1n) is 6.54. The number of aliphatic hydroxyl groups excluding tert-OH is 1. The Hall–Kier alpha value is -1.83. The number of anilines is 1. The number of nitro benzene ring substituents is 1. The molecule has 1 aromatic rings. The summed E-state index contributed by atoms with van der Waals surface area (Å²) in [5.74, 6) is 0.205. The minimum atomic E-state index is -4.60. The highest BCUT2D eigenvalue weighted by atomic mass is 19.4. The zero-order valence-corrected chi connectivity index (χ0v) is 11.1. The van der Waals surface area contributed by atoms with Crippen molar-refractivity contribution in [2.75, 3.05) is 24.6 Å². The normalized spacial score (nSPS) is 19.0. The van der Waals surface area contributed by atoms with Gasteiger partial charge in [0.15, 0.2) is 0 Å². The average Bonchev–Trinajstić information content (AvgIpc) is 2.86. The molecule has 0 spiro atoms. The molecular formula is C13H15F3N2O3. The molecule has 1 heterocycles. The van der Waals surface area contributed by atoms with Crippen LogP contribution < -0.4 is 4.90 Å². The lowest BCUT2D eigenvalue weighted by Crippen LogP contribution is -2.21. The maximum atomic E-state index is 12.6. The topological polar surface area (TPSA) is 66.6 Å². The lowest BCUT2D eigenvalue weighted by Gasteiger charge is -2.19. The van der Waals surface area contributed by atoms with Gasteiger partial charge < -0.3 is 10.0 Å². The van der Waals surface area contributed by atoms with Crippen molar-refractivity contribution < 1.29 is 23.2 Å². The minimum Gasteiger partial charge on any atom is -0.396 e. The summed E-state index contributed by atoms with van der Waals surface area (Å²) in [6.45, 7) is 1.08. The largest absolute Gasteiger partial charge is 0.416 e. The third kappa shape index (κ3) is 3.44. The molecule has 8 heteroatoms. The molecule has 0 amide bonds. The first-order valence-corrected chi connectivity index (χ1v) is 6.54. The molecule has 0 bridgehead atoms. The van der Waals surface area contributed by atoms with Crippen LogP contribution in [0.5, 0.6) is 0 Å². The average molecular weight is 304 g/mol. The molecule has 0 radical (unpaired) electrons. The van der Waals surface area contributed by atoms with Crippen LogP contribution in [0.15, 0.2) is 18.2 Å². The first-order chi connectivity index (χ1) is 9.82. The smallest absolute Gasteiger partial charge is 0.396 e. The van der Waals surface area contributed by atoms with Crippen molar-refractivity contribution in [3.63, 3.8) is 0 Å². The molecule has 1 N–H and O–H groups in total. The van der Waals surface area contributed by atoms with Crippen molar-refractivity contribution in [3.8, 4) is 0 Å². The fourth-order valence-electron chi connectivity index (χ4n) is 2.58. The van der Waals surface area contributed by atoms with Crippen LogP contribution in [0, 0.1) is 16.0 Å². The Bertz CT molecular complexity index is 534. The lowest BCUT2D eigenvalue weighted by atomic mass is 10.1. The molecule has 1 aliphatic heterocycles. The highest BCUT2D eigenvalue weighted by Gasteiger charge is 2.34. The van der Waals surface area contributed by atoms with Gasteiger partial charge in [0.25, 0.3) is 5.69 Å². The van der Waals surface area contributed by atoms with Crippen molar-refractivity contribution in [2.24, 2.45) is 5.92 Å². The summed E-state index contributed by atoms with van der Waals surface area (Å²) in [4.78, 5) is 12.0. The third-order valence-electron chi connectivity index (χ3n) is 3.66. The van der Waals surface area contributed by atoms with Crippen LogP contribution in [0.1, 0.15) is 18.4 Å². The second-order valence-electron chi connectivity index (χ2n) is 5.07. The number of halogens is 3. The van der Waals surface area contributed by atoms with Crippen LogP contribution in [0.4, 0.5) is 24.5 Å². The number of alkyl halides is 3. The van der Waals surface area contributed by atoms with E-state index in [0.29, 0.717) is 25.6 Å². The van der Waals surface area contributed by atoms with Gasteiger partial charge in [0.2, 0.25) is 0 Å². The number of nitrogens with zero attached hydrogens (tertiary/aromatic N) is 2. The van der Waals surface area contributed by atoms with Gasteiger partial charge in [-0.25, -0.2) is 0 Å². The van der Waals surface area contributed by atoms with Gasteiger partial charge in [0.05, 0.1) is 10.5 Å². The summed E-state index contributed by atoms with van der Waals surface area (Å²) in [5, 5.41) is 19.9. The molecule has 1 saturated heterocycles. The zero-order chi connectivity index (χ0) is 15.6. The van der Waals surface area contributed by atoms with E-state index in [0.717, 1.165) is 18.6 Å². The van der Waals surface area contributed by atoms with Gasteiger partial charge in [-0.05, 0) is 30.9 Å².